The number of amides is 2. The van der Waals surface area contributed by atoms with E-state index >= 15 is 0 Å². The molecule has 0 spiro atoms. The van der Waals surface area contributed by atoms with Crippen LogP contribution in [0.5, 0.6) is 11.5 Å². The normalized spacial score (nSPS) is 28.0. The van der Waals surface area contributed by atoms with Crippen LogP contribution in [0.15, 0.2) is 48.5 Å². The number of aromatic hydroxyl groups is 1. The predicted octanol–water partition coefficient (Wildman–Crippen LogP) is 1.96. The Kier molecular flexibility index (Phi) is 9.83. The van der Waals surface area contributed by atoms with E-state index in [4.69, 9.17) is 4.74 Å². The number of benzene rings is 2. The average Bonchev–Trinajstić information content (AvgIpc) is 3.77. The van der Waals surface area contributed by atoms with Crippen molar-refractivity contribution in [2.75, 3.05) is 20.2 Å². The summed E-state index contributed by atoms with van der Waals surface area (Å²) in [7, 11) is 1.69. The summed E-state index contributed by atoms with van der Waals surface area (Å²) >= 11 is 0. The van der Waals surface area contributed by atoms with Gasteiger partial charge in [0.15, 0.2) is 0 Å². The number of rotatable bonds is 3. The van der Waals surface area contributed by atoms with E-state index in [1.165, 1.54) is 0 Å². The summed E-state index contributed by atoms with van der Waals surface area (Å²) in [6, 6.07) is 12.8. The van der Waals surface area contributed by atoms with Crippen LogP contribution in [0.2, 0.25) is 0 Å². The molecule has 0 radical (unpaired) electrons. The summed E-state index contributed by atoms with van der Waals surface area (Å²) in [5.41, 5.74) is 1.90. The average molecular weight is 539 g/mol. The summed E-state index contributed by atoms with van der Waals surface area (Å²) in [6.07, 6.45) is 2.61. The van der Waals surface area contributed by atoms with Crippen LogP contribution in [0.25, 0.3) is 0 Å². The van der Waals surface area contributed by atoms with Gasteiger partial charge in [0.2, 0.25) is 11.8 Å². The van der Waals surface area contributed by atoms with Gasteiger partial charge in [-0.3, -0.25) is 14.9 Å². The molecule has 212 valence electrons. The van der Waals surface area contributed by atoms with Gasteiger partial charge in [0, 0.05) is 19.6 Å². The molecular weight excluding hydrogens is 496 g/mol. The van der Waals surface area contributed by atoms with Crippen molar-refractivity contribution >= 4 is 11.8 Å². The van der Waals surface area contributed by atoms with Crippen molar-refractivity contribution in [3.05, 3.63) is 59.7 Å². The number of phenols is 1. The zero-order valence-electron chi connectivity index (χ0n) is 23.1. The highest BCUT2D eigenvalue weighted by atomic mass is 16.5. The largest absolute Gasteiger partial charge is 0.508 e. The highest BCUT2D eigenvalue weighted by molar-refractivity contribution is 5.83. The second-order valence-corrected chi connectivity index (χ2v) is 10.9. The number of fused-ring (bicyclic) bond motifs is 1. The molecule has 1 unspecified atom stereocenters. The van der Waals surface area contributed by atoms with Gasteiger partial charge in [-0.1, -0.05) is 30.3 Å². The highest BCUT2D eigenvalue weighted by Gasteiger charge is 2.39. The summed E-state index contributed by atoms with van der Waals surface area (Å²) < 4.78 is 6.09. The minimum Gasteiger partial charge on any atom is -0.508 e. The Hall–Kier alpha value is -3.14. The van der Waals surface area contributed by atoms with Gasteiger partial charge in [-0.2, -0.15) is 0 Å². The SMILES string of the molecule is C[C@@H]1C(O)N[C@H](Cc2ccc(O)cc2)C(=O)N[C@@H](C)CCc2ccccc2OCCN[C@@H](C2CC2)C(=O)N1C. The van der Waals surface area contributed by atoms with Gasteiger partial charge in [-0.25, -0.2) is 0 Å². The maximum absolute atomic E-state index is 13.5. The molecule has 0 aromatic heterocycles. The van der Waals surface area contributed by atoms with Crippen molar-refractivity contribution in [2.45, 2.75) is 76.3 Å². The first-order valence-corrected chi connectivity index (χ1v) is 14.0. The molecule has 9 heteroatoms. The monoisotopic (exact) mass is 538 g/mol. The molecule has 1 heterocycles. The third kappa shape index (κ3) is 7.94. The topological polar surface area (TPSA) is 123 Å². The smallest absolute Gasteiger partial charge is 0.240 e. The predicted molar refractivity (Wildman–Crippen MR) is 149 cm³/mol. The van der Waals surface area contributed by atoms with E-state index in [-0.39, 0.29) is 35.6 Å². The minimum atomic E-state index is -1.13. The Morgan fingerprint density at radius 1 is 1.03 bits per heavy atom. The Labute approximate surface area is 230 Å². The van der Waals surface area contributed by atoms with Crippen molar-refractivity contribution in [2.24, 2.45) is 5.92 Å². The van der Waals surface area contributed by atoms with E-state index in [2.05, 4.69) is 16.0 Å². The lowest BCUT2D eigenvalue weighted by Gasteiger charge is -2.34. The van der Waals surface area contributed by atoms with E-state index in [9.17, 15) is 19.8 Å². The summed E-state index contributed by atoms with van der Waals surface area (Å²) in [5.74, 6) is 0.907. The first-order valence-electron chi connectivity index (χ1n) is 14.0. The first kappa shape index (κ1) is 28.9. The van der Waals surface area contributed by atoms with Crippen LogP contribution < -0.4 is 20.7 Å². The molecule has 1 fully saturated rings. The minimum absolute atomic E-state index is 0.0828. The fraction of sp³-hybridized carbons (Fsp3) is 0.533. The molecular formula is C30H42N4O5. The van der Waals surface area contributed by atoms with Crippen LogP contribution in [-0.2, 0) is 22.4 Å². The number of nitrogens with zero attached hydrogens (tertiary/aromatic N) is 1. The van der Waals surface area contributed by atoms with Gasteiger partial charge in [-0.05, 0) is 81.2 Å². The van der Waals surface area contributed by atoms with E-state index < -0.39 is 18.3 Å². The van der Waals surface area contributed by atoms with Crippen LogP contribution in [0.1, 0.15) is 44.2 Å². The molecule has 5 atom stereocenters. The number of aliphatic hydroxyl groups is 1. The highest BCUT2D eigenvalue weighted by Crippen LogP contribution is 2.33. The number of ether oxygens (including phenoxy) is 1. The van der Waals surface area contributed by atoms with Crippen LogP contribution in [0, 0.1) is 5.92 Å². The van der Waals surface area contributed by atoms with Gasteiger partial charge in [0.05, 0.1) is 18.1 Å². The number of hydrogen-bond donors (Lipinski definition) is 5. The molecule has 2 aliphatic rings. The zero-order chi connectivity index (χ0) is 27.9. The third-order valence-electron chi connectivity index (χ3n) is 7.77. The number of likely N-dealkylation sites (N-methyl/N-ethyl adjacent to an activating group) is 1. The van der Waals surface area contributed by atoms with Crippen molar-refractivity contribution in [1.82, 2.24) is 20.9 Å². The molecule has 9 nitrogen and oxygen atoms in total. The second-order valence-electron chi connectivity index (χ2n) is 10.9. The van der Waals surface area contributed by atoms with Gasteiger partial charge >= 0.3 is 0 Å². The number of carbonyl (C=O) groups excluding carboxylic acids is 2. The van der Waals surface area contributed by atoms with Crippen molar-refractivity contribution in [1.29, 1.82) is 0 Å². The lowest BCUT2D eigenvalue weighted by molar-refractivity contribution is -0.137. The van der Waals surface area contributed by atoms with Gasteiger partial charge in [0.1, 0.15) is 24.3 Å². The quantitative estimate of drug-likeness (QED) is 0.405. The number of aryl methyl sites for hydroxylation is 1. The molecule has 5 N–H and O–H groups in total. The molecule has 0 saturated heterocycles. The van der Waals surface area contributed by atoms with Crippen molar-refractivity contribution in [3.63, 3.8) is 0 Å². The molecule has 1 aliphatic carbocycles. The number of carbonyl (C=O) groups is 2. The van der Waals surface area contributed by atoms with Crippen molar-refractivity contribution < 1.29 is 24.5 Å². The third-order valence-corrected chi connectivity index (χ3v) is 7.77. The molecule has 39 heavy (non-hydrogen) atoms. The second kappa shape index (κ2) is 13.3. The zero-order valence-corrected chi connectivity index (χ0v) is 23.1. The van der Waals surface area contributed by atoms with E-state index in [1.54, 1.807) is 43.1 Å². The first-order chi connectivity index (χ1) is 18.7. The van der Waals surface area contributed by atoms with Crippen LogP contribution >= 0.6 is 0 Å². The van der Waals surface area contributed by atoms with E-state index in [0.717, 1.165) is 42.6 Å². The molecule has 1 aliphatic heterocycles. The van der Waals surface area contributed by atoms with Crippen LogP contribution in [0.4, 0.5) is 0 Å². The number of hydrogen-bond acceptors (Lipinski definition) is 7. The molecule has 2 amide bonds. The molecule has 2 aromatic rings. The number of phenolic OH excluding ortho intramolecular Hbond substituents is 1. The molecule has 4 rings (SSSR count). The maximum Gasteiger partial charge on any atom is 0.240 e. The van der Waals surface area contributed by atoms with Crippen LogP contribution in [-0.4, -0.2) is 77.5 Å². The Bertz CT molecular complexity index is 1110. The standard InChI is InChI=1S/C30H42N4O5/c1-19-8-11-22-6-4-5-7-26(22)39-17-16-31-27(23-12-13-23)30(38)34(3)20(2)28(36)33-25(29(37)32-19)18-21-9-14-24(35)15-10-21/h4-7,9-10,14-15,19-20,23,25,27-28,31,33,35-36H,8,11-13,16-18H2,1-3H3,(H,32,37)/t19-,20+,25+,27-,28?/m0/s1. The molecule has 0 bridgehead atoms. The fourth-order valence-electron chi connectivity index (χ4n) is 4.97. The molecule has 1 saturated carbocycles. The van der Waals surface area contributed by atoms with E-state index in [1.807, 2.05) is 31.2 Å². The van der Waals surface area contributed by atoms with Gasteiger partial charge < -0.3 is 30.5 Å². The van der Waals surface area contributed by atoms with Crippen LogP contribution in [0.3, 0.4) is 0 Å². The molecule has 2 aromatic carbocycles. The summed E-state index contributed by atoms with van der Waals surface area (Å²) in [5, 5.41) is 30.3. The summed E-state index contributed by atoms with van der Waals surface area (Å²) in [4.78, 5) is 28.5. The number of aliphatic hydroxyl groups excluding tert-OH is 1. The lowest BCUT2D eigenvalue weighted by atomic mass is 10.0. The summed E-state index contributed by atoms with van der Waals surface area (Å²) in [6.45, 7) is 4.70. The Morgan fingerprint density at radius 2 is 1.74 bits per heavy atom. The maximum atomic E-state index is 13.5. The number of para-hydroxylation sites is 1. The Balaban J connectivity index is 1.57. The Morgan fingerprint density at radius 3 is 2.46 bits per heavy atom. The fourth-order valence-corrected chi connectivity index (χ4v) is 4.97. The lowest BCUT2D eigenvalue weighted by Crippen LogP contribution is -2.59. The van der Waals surface area contributed by atoms with E-state index in [0.29, 0.717) is 19.6 Å². The van der Waals surface area contributed by atoms with Gasteiger partial charge in [-0.15, -0.1) is 0 Å². The number of nitrogens with one attached hydrogen (secondary N) is 3. The van der Waals surface area contributed by atoms with Crippen molar-refractivity contribution in [3.8, 4) is 11.5 Å². The van der Waals surface area contributed by atoms with Gasteiger partial charge in [0.25, 0.3) is 0 Å².